The molecular weight excluding hydrogens is 414 g/mol. The predicted molar refractivity (Wildman–Crippen MR) is 125 cm³/mol. The van der Waals surface area contributed by atoms with Gasteiger partial charge in [0.1, 0.15) is 5.00 Å². The molecule has 1 heterocycles. The molecule has 0 spiro atoms. The van der Waals surface area contributed by atoms with Gasteiger partial charge in [-0.05, 0) is 63.8 Å². The molecule has 0 unspecified atom stereocenters. The van der Waals surface area contributed by atoms with Crippen LogP contribution in [0.25, 0.3) is 0 Å². The van der Waals surface area contributed by atoms with E-state index in [1.54, 1.807) is 6.92 Å². The molecule has 0 aliphatic carbocycles. The van der Waals surface area contributed by atoms with Gasteiger partial charge < -0.3 is 19.5 Å². The largest absolute Gasteiger partial charge is 0.490 e. The fraction of sp³-hybridized carbons (Fsp3) is 0.500. The van der Waals surface area contributed by atoms with Crippen LogP contribution in [0.15, 0.2) is 18.2 Å². The highest BCUT2D eigenvalue weighted by Gasteiger charge is 2.22. The molecule has 7 heteroatoms. The summed E-state index contributed by atoms with van der Waals surface area (Å²) >= 11 is 1.40. The summed E-state index contributed by atoms with van der Waals surface area (Å²) in [6.07, 6.45) is 2.90. The number of hydrogen-bond donors (Lipinski definition) is 1. The van der Waals surface area contributed by atoms with E-state index in [2.05, 4.69) is 12.2 Å². The molecule has 6 nitrogen and oxygen atoms in total. The van der Waals surface area contributed by atoms with Gasteiger partial charge in [-0.3, -0.25) is 4.79 Å². The number of benzene rings is 1. The van der Waals surface area contributed by atoms with E-state index in [4.69, 9.17) is 14.2 Å². The molecule has 0 aliphatic heterocycles. The van der Waals surface area contributed by atoms with Crippen LogP contribution >= 0.6 is 11.3 Å². The van der Waals surface area contributed by atoms with Gasteiger partial charge in [0.25, 0.3) is 0 Å². The van der Waals surface area contributed by atoms with Gasteiger partial charge in [-0.2, -0.15) is 0 Å². The maximum absolute atomic E-state index is 12.6. The number of aryl methyl sites for hydroxylation is 2. The topological polar surface area (TPSA) is 73.9 Å². The van der Waals surface area contributed by atoms with E-state index < -0.39 is 5.97 Å². The molecule has 1 aromatic heterocycles. The first-order valence-electron chi connectivity index (χ1n) is 10.9. The summed E-state index contributed by atoms with van der Waals surface area (Å²) in [5, 5.41) is 3.44. The van der Waals surface area contributed by atoms with Gasteiger partial charge in [0.15, 0.2) is 11.5 Å². The van der Waals surface area contributed by atoms with Crippen LogP contribution in [0.1, 0.15) is 66.4 Å². The predicted octanol–water partition coefficient (Wildman–Crippen LogP) is 5.69. The highest BCUT2D eigenvalue weighted by atomic mass is 32.1. The average Bonchev–Trinajstić information content (AvgIpc) is 3.01. The van der Waals surface area contributed by atoms with Crippen molar-refractivity contribution in [2.24, 2.45) is 0 Å². The lowest BCUT2D eigenvalue weighted by molar-refractivity contribution is -0.116. The standard InChI is InChI=1S/C24H33NO5S/c1-6-9-14-30-19-12-10-18(15-20(19)28-7-2)11-13-21(26)25-23-22(24(27)29-8-3)16(4)17(5)31-23/h10,12,15H,6-9,11,13-14H2,1-5H3,(H,25,26). The van der Waals surface area contributed by atoms with Gasteiger partial charge in [-0.1, -0.05) is 19.4 Å². The molecule has 2 rings (SSSR count). The number of unbranched alkanes of at least 4 members (excludes halogenated alkanes) is 1. The van der Waals surface area contributed by atoms with Gasteiger partial charge in [0.2, 0.25) is 5.91 Å². The van der Waals surface area contributed by atoms with Crippen molar-refractivity contribution < 1.29 is 23.8 Å². The molecule has 0 saturated heterocycles. The summed E-state index contributed by atoms with van der Waals surface area (Å²) in [6, 6.07) is 5.79. The first-order chi connectivity index (χ1) is 14.9. The minimum Gasteiger partial charge on any atom is -0.490 e. The Morgan fingerprint density at radius 3 is 2.48 bits per heavy atom. The Kier molecular flexibility index (Phi) is 9.85. The number of nitrogens with one attached hydrogen (secondary N) is 1. The number of carbonyl (C=O) groups excluding carboxylic acids is 2. The maximum Gasteiger partial charge on any atom is 0.341 e. The number of carbonyl (C=O) groups is 2. The number of esters is 1. The van der Waals surface area contributed by atoms with Crippen LogP contribution < -0.4 is 14.8 Å². The van der Waals surface area contributed by atoms with Gasteiger partial charge in [-0.25, -0.2) is 4.79 Å². The highest BCUT2D eigenvalue weighted by Crippen LogP contribution is 2.33. The van der Waals surface area contributed by atoms with Gasteiger partial charge in [0.05, 0.1) is 25.4 Å². The number of amides is 1. The summed E-state index contributed by atoms with van der Waals surface area (Å²) in [6.45, 7) is 11.1. The SMILES string of the molecule is CCCCOc1ccc(CCC(=O)Nc2sc(C)c(C)c2C(=O)OCC)cc1OCC. The first-order valence-corrected chi connectivity index (χ1v) is 11.7. The Hall–Kier alpha value is -2.54. The van der Waals surface area contributed by atoms with E-state index in [0.29, 0.717) is 49.0 Å². The lowest BCUT2D eigenvalue weighted by Crippen LogP contribution is -2.15. The fourth-order valence-corrected chi connectivity index (χ4v) is 4.10. The summed E-state index contributed by atoms with van der Waals surface area (Å²) in [5.41, 5.74) is 2.29. The molecule has 1 amide bonds. The number of thiophene rings is 1. The van der Waals surface area contributed by atoms with Crippen molar-refractivity contribution in [2.75, 3.05) is 25.1 Å². The quantitative estimate of drug-likeness (QED) is 0.334. The smallest absolute Gasteiger partial charge is 0.341 e. The van der Waals surface area contributed by atoms with E-state index in [9.17, 15) is 9.59 Å². The van der Waals surface area contributed by atoms with E-state index in [1.165, 1.54) is 11.3 Å². The van der Waals surface area contributed by atoms with Crippen LogP contribution in [0.3, 0.4) is 0 Å². The Labute approximate surface area is 188 Å². The van der Waals surface area contributed by atoms with Crippen LogP contribution in [0.4, 0.5) is 5.00 Å². The third kappa shape index (κ3) is 6.99. The fourth-order valence-electron chi connectivity index (χ4n) is 3.03. The molecule has 0 radical (unpaired) electrons. The van der Waals surface area contributed by atoms with Gasteiger partial charge in [-0.15, -0.1) is 11.3 Å². The molecule has 170 valence electrons. The lowest BCUT2D eigenvalue weighted by atomic mass is 10.1. The second-order valence-electron chi connectivity index (χ2n) is 7.17. The molecule has 0 fully saturated rings. The van der Waals surface area contributed by atoms with Crippen molar-refractivity contribution in [2.45, 2.75) is 60.3 Å². The Morgan fingerprint density at radius 2 is 1.81 bits per heavy atom. The van der Waals surface area contributed by atoms with E-state index in [1.807, 2.05) is 39.0 Å². The normalized spacial score (nSPS) is 10.6. The van der Waals surface area contributed by atoms with Crippen LogP contribution in [-0.2, 0) is 16.0 Å². The van der Waals surface area contributed by atoms with Crippen molar-refractivity contribution in [3.63, 3.8) is 0 Å². The van der Waals surface area contributed by atoms with Crippen molar-refractivity contribution >= 4 is 28.2 Å². The minimum absolute atomic E-state index is 0.145. The number of hydrogen-bond acceptors (Lipinski definition) is 6. The Balaban J connectivity index is 2.04. The monoisotopic (exact) mass is 447 g/mol. The Bertz CT molecular complexity index is 890. The highest BCUT2D eigenvalue weighted by molar-refractivity contribution is 7.16. The molecular formula is C24H33NO5S. The summed E-state index contributed by atoms with van der Waals surface area (Å²) in [4.78, 5) is 25.9. The third-order valence-corrected chi connectivity index (χ3v) is 5.94. The van der Waals surface area contributed by atoms with Crippen LogP contribution in [-0.4, -0.2) is 31.7 Å². The van der Waals surface area contributed by atoms with Gasteiger partial charge >= 0.3 is 5.97 Å². The zero-order valence-corrected chi connectivity index (χ0v) is 19.9. The summed E-state index contributed by atoms with van der Waals surface area (Å²) in [7, 11) is 0. The van der Waals surface area contributed by atoms with E-state index in [0.717, 1.165) is 34.6 Å². The zero-order valence-electron chi connectivity index (χ0n) is 19.1. The Morgan fingerprint density at radius 1 is 1.03 bits per heavy atom. The molecule has 0 bridgehead atoms. The molecule has 2 aromatic rings. The van der Waals surface area contributed by atoms with Crippen LogP contribution in [0.5, 0.6) is 11.5 Å². The number of anilines is 1. The summed E-state index contributed by atoms with van der Waals surface area (Å²) in [5.74, 6) is 0.880. The molecule has 0 saturated carbocycles. The number of ether oxygens (including phenoxy) is 3. The molecule has 31 heavy (non-hydrogen) atoms. The van der Waals surface area contributed by atoms with E-state index in [-0.39, 0.29) is 5.91 Å². The van der Waals surface area contributed by atoms with Crippen molar-refractivity contribution in [1.29, 1.82) is 0 Å². The maximum atomic E-state index is 12.6. The zero-order chi connectivity index (χ0) is 22.8. The molecule has 1 N–H and O–H groups in total. The van der Waals surface area contributed by atoms with Crippen LogP contribution in [0, 0.1) is 13.8 Å². The first kappa shape index (κ1) is 24.7. The second kappa shape index (κ2) is 12.3. The van der Waals surface area contributed by atoms with Crippen LogP contribution in [0.2, 0.25) is 0 Å². The summed E-state index contributed by atoms with van der Waals surface area (Å²) < 4.78 is 16.7. The van der Waals surface area contributed by atoms with Crippen molar-refractivity contribution in [3.05, 3.63) is 39.8 Å². The average molecular weight is 448 g/mol. The second-order valence-corrected chi connectivity index (χ2v) is 8.40. The van der Waals surface area contributed by atoms with Crippen molar-refractivity contribution in [3.8, 4) is 11.5 Å². The molecule has 1 aromatic carbocycles. The molecule has 0 atom stereocenters. The minimum atomic E-state index is -0.403. The third-order valence-electron chi connectivity index (χ3n) is 4.82. The molecule has 0 aliphatic rings. The van der Waals surface area contributed by atoms with Crippen molar-refractivity contribution in [1.82, 2.24) is 0 Å². The van der Waals surface area contributed by atoms with E-state index >= 15 is 0 Å². The lowest BCUT2D eigenvalue weighted by Gasteiger charge is -2.13. The number of rotatable bonds is 12. The van der Waals surface area contributed by atoms with Gasteiger partial charge in [0, 0.05) is 11.3 Å².